The van der Waals surface area contributed by atoms with Crippen molar-refractivity contribution in [2.45, 2.75) is 26.2 Å². The summed E-state index contributed by atoms with van der Waals surface area (Å²) in [5.41, 5.74) is 2.08. The van der Waals surface area contributed by atoms with Crippen molar-refractivity contribution in [3.8, 4) is 5.75 Å². The molecule has 0 bridgehead atoms. The van der Waals surface area contributed by atoms with Crippen LogP contribution in [-0.4, -0.2) is 10.1 Å². The molecule has 1 N–H and O–H groups in total. The zero-order chi connectivity index (χ0) is 14.0. The molecule has 0 fully saturated rings. The minimum absolute atomic E-state index is 0.155. The number of aromatic nitrogens is 1. The fraction of sp³-hybridized carbons (Fsp3) is 0.312. The van der Waals surface area contributed by atoms with Crippen molar-refractivity contribution in [1.29, 1.82) is 0 Å². The van der Waals surface area contributed by atoms with Gasteiger partial charge in [0.1, 0.15) is 5.75 Å². The molecule has 0 amide bonds. The average Bonchev–Trinajstić information content (AvgIpc) is 2.39. The monoisotopic (exact) mass is 367 g/mol. The fourth-order valence-corrected chi connectivity index (χ4v) is 2.63. The maximum atomic E-state index is 9.40. The van der Waals surface area contributed by atoms with Crippen LogP contribution in [0.4, 0.5) is 0 Å². The van der Waals surface area contributed by atoms with Crippen LogP contribution in [-0.2, 0) is 5.41 Å². The van der Waals surface area contributed by atoms with E-state index in [-0.39, 0.29) is 11.2 Å². The summed E-state index contributed by atoms with van der Waals surface area (Å²) in [6.45, 7) is 6.61. The molecule has 1 heterocycles. The van der Waals surface area contributed by atoms with Gasteiger partial charge in [-0.1, -0.05) is 26.0 Å². The molecule has 0 aliphatic heterocycles. The largest absolute Gasteiger partial charge is 0.506 e. The number of hydrogen-bond acceptors (Lipinski definition) is 2. The third-order valence-electron chi connectivity index (χ3n) is 3.88. The second-order valence-corrected chi connectivity index (χ2v) is 6.51. The maximum absolute atomic E-state index is 9.40. The van der Waals surface area contributed by atoms with Gasteiger partial charge in [-0.25, -0.2) is 0 Å². The van der Waals surface area contributed by atoms with Crippen LogP contribution in [0.5, 0.6) is 5.75 Å². The third kappa shape index (κ3) is 2.76. The summed E-state index contributed by atoms with van der Waals surface area (Å²) in [6.07, 6.45) is 1.52. The van der Waals surface area contributed by atoms with E-state index < -0.39 is 0 Å². The molecule has 1 aromatic heterocycles. The van der Waals surface area contributed by atoms with Crippen molar-refractivity contribution >= 4 is 22.6 Å². The predicted molar refractivity (Wildman–Crippen MR) is 86.4 cm³/mol. The van der Waals surface area contributed by atoms with E-state index in [4.69, 9.17) is 0 Å². The van der Waals surface area contributed by atoms with Crippen molar-refractivity contribution in [3.05, 3.63) is 57.4 Å². The van der Waals surface area contributed by atoms with Gasteiger partial charge in [0.15, 0.2) is 0 Å². The van der Waals surface area contributed by atoms with E-state index in [1.165, 1.54) is 15.3 Å². The molecule has 0 radical (unpaired) electrons. The van der Waals surface area contributed by atoms with E-state index in [9.17, 15) is 5.11 Å². The van der Waals surface area contributed by atoms with Crippen LogP contribution in [0.25, 0.3) is 0 Å². The third-order valence-corrected chi connectivity index (χ3v) is 4.60. The summed E-state index contributed by atoms with van der Waals surface area (Å²) in [5.74, 6) is 0.613. The van der Waals surface area contributed by atoms with Gasteiger partial charge in [-0.2, -0.15) is 0 Å². The van der Waals surface area contributed by atoms with E-state index in [1.807, 2.05) is 6.07 Å². The Labute approximate surface area is 128 Å². The van der Waals surface area contributed by atoms with E-state index in [1.54, 1.807) is 6.07 Å². The number of nitrogens with zero attached hydrogens (tertiary/aromatic N) is 1. The molecule has 1 aromatic carbocycles. The molecule has 2 rings (SSSR count). The number of rotatable bonds is 3. The van der Waals surface area contributed by atoms with Crippen LogP contribution in [0.3, 0.4) is 0 Å². The van der Waals surface area contributed by atoms with E-state index >= 15 is 0 Å². The standard InChI is InChI=1S/C16H18INO/c1-11(2)16(3,12-4-6-13(17)7-5-12)15-9-8-14(19)10-18-15/h4-11,19H,1-3H3/t16-/m1/s1. The molecule has 0 aliphatic carbocycles. The van der Waals surface area contributed by atoms with Crippen LogP contribution in [0, 0.1) is 9.49 Å². The highest BCUT2D eigenvalue weighted by atomic mass is 127. The van der Waals surface area contributed by atoms with E-state index in [2.05, 4.69) is 72.6 Å². The van der Waals surface area contributed by atoms with Crippen LogP contribution in [0.15, 0.2) is 42.6 Å². The highest BCUT2D eigenvalue weighted by Crippen LogP contribution is 2.38. The van der Waals surface area contributed by atoms with Crippen LogP contribution in [0.1, 0.15) is 32.0 Å². The van der Waals surface area contributed by atoms with Crippen molar-refractivity contribution in [2.75, 3.05) is 0 Å². The Hall–Kier alpha value is -1.10. The molecule has 0 aliphatic rings. The normalized spacial score (nSPS) is 14.4. The van der Waals surface area contributed by atoms with Crippen LogP contribution in [0.2, 0.25) is 0 Å². The van der Waals surface area contributed by atoms with Gasteiger partial charge < -0.3 is 5.11 Å². The van der Waals surface area contributed by atoms with Crippen molar-refractivity contribution in [3.63, 3.8) is 0 Å². The first-order valence-electron chi connectivity index (χ1n) is 6.36. The Morgan fingerprint density at radius 3 is 2.21 bits per heavy atom. The summed E-state index contributed by atoms with van der Waals surface area (Å²) >= 11 is 2.31. The molecule has 0 saturated heterocycles. The molecule has 0 saturated carbocycles. The highest BCUT2D eigenvalue weighted by molar-refractivity contribution is 14.1. The quantitative estimate of drug-likeness (QED) is 0.818. The Morgan fingerprint density at radius 2 is 1.74 bits per heavy atom. The van der Waals surface area contributed by atoms with Crippen molar-refractivity contribution < 1.29 is 5.11 Å². The lowest BCUT2D eigenvalue weighted by atomic mass is 9.71. The minimum atomic E-state index is -0.155. The highest BCUT2D eigenvalue weighted by Gasteiger charge is 2.33. The molecule has 0 unspecified atom stereocenters. The fourth-order valence-electron chi connectivity index (χ4n) is 2.27. The second kappa shape index (κ2) is 5.49. The summed E-state index contributed by atoms with van der Waals surface area (Å²) in [6, 6.07) is 12.2. The molecule has 100 valence electrons. The van der Waals surface area contributed by atoms with Crippen LogP contribution < -0.4 is 0 Å². The smallest absolute Gasteiger partial charge is 0.133 e. The van der Waals surface area contributed by atoms with Crippen molar-refractivity contribution in [1.82, 2.24) is 4.98 Å². The summed E-state index contributed by atoms with van der Waals surface area (Å²) in [5, 5.41) is 9.40. The first-order chi connectivity index (χ1) is 8.94. The van der Waals surface area contributed by atoms with Crippen LogP contribution >= 0.6 is 22.6 Å². The second-order valence-electron chi connectivity index (χ2n) is 5.27. The minimum Gasteiger partial charge on any atom is -0.506 e. The Balaban J connectivity index is 2.54. The lowest BCUT2D eigenvalue weighted by Crippen LogP contribution is -2.31. The molecule has 0 spiro atoms. The molecule has 2 aromatic rings. The van der Waals surface area contributed by atoms with Gasteiger partial charge in [-0.3, -0.25) is 4.98 Å². The molecule has 1 atom stereocenters. The van der Waals surface area contributed by atoms with Gasteiger partial charge in [-0.05, 0) is 65.3 Å². The summed E-state index contributed by atoms with van der Waals surface area (Å²) < 4.78 is 1.23. The Kier molecular flexibility index (Phi) is 4.13. The average molecular weight is 367 g/mol. The first-order valence-corrected chi connectivity index (χ1v) is 7.44. The molecule has 2 nitrogen and oxygen atoms in total. The van der Waals surface area contributed by atoms with E-state index in [0.29, 0.717) is 5.92 Å². The van der Waals surface area contributed by atoms with Crippen molar-refractivity contribution in [2.24, 2.45) is 5.92 Å². The van der Waals surface area contributed by atoms with Gasteiger partial charge in [0.05, 0.1) is 11.9 Å². The number of benzene rings is 1. The SMILES string of the molecule is CC(C)[C@](C)(c1ccc(I)cc1)c1ccc(O)cn1. The molecule has 19 heavy (non-hydrogen) atoms. The zero-order valence-electron chi connectivity index (χ0n) is 11.4. The van der Waals surface area contributed by atoms with Gasteiger partial charge in [0.2, 0.25) is 0 Å². The van der Waals surface area contributed by atoms with Gasteiger partial charge in [0, 0.05) is 8.99 Å². The van der Waals surface area contributed by atoms with Gasteiger partial charge >= 0.3 is 0 Å². The number of aromatic hydroxyl groups is 1. The lowest BCUT2D eigenvalue weighted by molar-refractivity contribution is 0.392. The number of halogens is 1. The number of pyridine rings is 1. The first kappa shape index (κ1) is 14.3. The topological polar surface area (TPSA) is 33.1 Å². The van der Waals surface area contributed by atoms with Gasteiger partial charge in [0.25, 0.3) is 0 Å². The summed E-state index contributed by atoms with van der Waals surface area (Å²) in [7, 11) is 0. The molecule has 3 heteroatoms. The van der Waals surface area contributed by atoms with E-state index in [0.717, 1.165) is 5.69 Å². The lowest BCUT2D eigenvalue weighted by Gasteiger charge is -2.34. The number of hydrogen-bond donors (Lipinski definition) is 1. The Bertz CT molecular complexity index is 500. The maximum Gasteiger partial charge on any atom is 0.133 e. The molecular weight excluding hydrogens is 349 g/mol. The molecular formula is C16H18INO. The Morgan fingerprint density at radius 1 is 1.11 bits per heavy atom. The zero-order valence-corrected chi connectivity index (χ0v) is 13.5. The predicted octanol–water partition coefficient (Wildman–Crippen LogP) is 4.35. The summed E-state index contributed by atoms with van der Waals surface area (Å²) in [4.78, 5) is 4.42. The van der Waals surface area contributed by atoms with Gasteiger partial charge in [-0.15, -0.1) is 0 Å².